The van der Waals surface area contributed by atoms with Gasteiger partial charge in [0.1, 0.15) is 28.8 Å². The Morgan fingerprint density at radius 1 is 1.06 bits per heavy atom. The number of rotatable bonds is 2. The van der Waals surface area contributed by atoms with E-state index in [-0.39, 0.29) is 0 Å². The largest absolute Gasteiger partial charge is 0.496 e. The van der Waals surface area contributed by atoms with Crippen molar-refractivity contribution in [2.24, 2.45) is 0 Å². The summed E-state index contributed by atoms with van der Waals surface area (Å²) in [5.41, 5.74) is 1.000. The lowest BCUT2D eigenvalue weighted by molar-refractivity contribution is 0.409. The topological polar surface area (TPSA) is 55.1 Å². The van der Waals surface area contributed by atoms with Crippen molar-refractivity contribution in [1.82, 2.24) is 4.98 Å². The Hall–Kier alpha value is -2.28. The summed E-state index contributed by atoms with van der Waals surface area (Å²) in [7, 11) is 3.17. The molecule has 0 spiro atoms. The number of nitrogens with zero attached hydrogens (tertiary/aromatic N) is 2. The summed E-state index contributed by atoms with van der Waals surface area (Å²) in [6.07, 6.45) is 0. The summed E-state index contributed by atoms with van der Waals surface area (Å²) in [5, 5.41) is 9.64. The number of hydrogen-bond acceptors (Lipinski definition) is 4. The molecular formula is C12H10N2O2. The van der Waals surface area contributed by atoms with Crippen LogP contribution in [-0.2, 0) is 0 Å². The third kappa shape index (κ3) is 1.52. The fourth-order valence-corrected chi connectivity index (χ4v) is 1.57. The lowest BCUT2D eigenvalue weighted by Crippen LogP contribution is -1.92. The van der Waals surface area contributed by atoms with Gasteiger partial charge in [0, 0.05) is 5.39 Å². The molecule has 0 bridgehead atoms. The zero-order valence-corrected chi connectivity index (χ0v) is 9.02. The molecule has 4 heteroatoms. The minimum absolute atomic E-state index is 0.360. The van der Waals surface area contributed by atoms with Gasteiger partial charge in [-0.2, -0.15) is 5.26 Å². The predicted molar refractivity (Wildman–Crippen MR) is 59.6 cm³/mol. The van der Waals surface area contributed by atoms with Crippen LogP contribution in [0.15, 0.2) is 24.3 Å². The quantitative estimate of drug-likeness (QED) is 0.768. The van der Waals surface area contributed by atoms with E-state index in [1.165, 1.54) is 0 Å². The van der Waals surface area contributed by atoms with Crippen molar-refractivity contribution in [2.45, 2.75) is 0 Å². The van der Waals surface area contributed by atoms with E-state index in [1.54, 1.807) is 26.4 Å². The number of nitriles is 1. The van der Waals surface area contributed by atoms with Gasteiger partial charge < -0.3 is 9.47 Å². The van der Waals surface area contributed by atoms with E-state index in [4.69, 9.17) is 14.7 Å². The van der Waals surface area contributed by atoms with E-state index < -0.39 is 0 Å². The van der Waals surface area contributed by atoms with Crippen molar-refractivity contribution in [3.8, 4) is 17.6 Å². The van der Waals surface area contributed by atoms with Gasteiger partial charge >= 0.3 is 0 Å². The standard InChI is InChI=1S/C12H10N2O2/c1-15-10-5-6-11(16-2)12-9(10)4-3-8(7-13)14-12/h3-6H,1-2H3. The Kier molecular flexibility index (Phi) is 2.61. The van der Waals surface area contributed by atoms with E-state index in [9.17, 15) is 0 Å². The van der Waals surface area contributed by atoms with Crippen molar-refractivity contribution in [3.63, 3.8) is 0 Å². The van der Waals surface area contributed by atoms with Crippen LogP contribution in [-0.4, -0.2) is 19.2 Å². The van der Waals surface area contributed by atoms with Crippen LogP contribution in [0.25, 0.3) is 10.9 Å². The molecule has 0 amide bonds. The lowest BCUT2D eigenvalue weighted by Gasteiger charge is -2.08. The summed E-state index contributed by atoms with van der Waals surface area (Å²) in [6, 6.07) is 9.05. The lowest BCUT2D eigenvalue weighted by atomic mass is 10.1. The third-order valence-electron chi connectivity index (χ3n) is 2.33. The Bertz CT molecular complexity index is 573. The Morgan fingerprint density at radius 3 is 2.38 bits per heavy atom. The number of benzene rings is 1. The highest BCUT2D eigenvalue weighted by Gasteiger charge is 2.08. The second-order valence-corrected chi connectivity index (χ2v) is 3.17. The van der Waals surface area contributed by atoms with Crippen LogP contribution in [0.4, 0.5) is 0 Å². The first kappa shape index (κ1) is 10.2. The zero-order chi connectivity index (χ0) is 11.5. The van der Waals surface area contributed by atoms with Crippen LogP contribution < -0.4 is 9.47 Å². The Morgan fingerprint density at radius 2 is 1.75 bits per heavy atom. The van der Waals surface area contributed by atoms with Gasteiger partial charge in [-0.25, -0.2) is 4.98 Å². The molecule has 0 aliphatic heterocycles. The minimum Gasteiger partial charge on any atom is -0.496 e. The summed E-state index contributed by atoms with van der Waals surface area (Å²) in [5.74, 6) is 1.35. The van der Waals surface area contributed by atoms with Crippen LogP contribution in [0.5, 0.6) is 11.5 Å². The number of aromatic nitrogens is 1. The molecule has 0 atom stereocenters. The third-order valence-corrected chi connectivity index (χ3v) is 2.33. The highest BCUT2D eigenvalue weighted by atomic mass is 16.5. The van der Waals surface area contributed by atoms with Crippen molar-refractivity contribution in [3.05, 3.63) is 30.0 Å². The molecule has 1 aromatic heterocycles. The maximum absolute atomic E-state index is 8.80. The number of ether oxygens (including phenoxy) is 2. The molecule has 4 nitrogen and oxygen atoms in total. The van der Waals surface area contributed by atoms with E-state index in [0.717, 1.165) is 5.39 Å². The number of methoxy groups -OCH3 is 2. The highest BCUT2D eigenvalue weighted by molar-refractivity contribution is 5.90. The highest BCUT2D eigenvalue weighted by Crippen LogP contribution is 2.31. The monoisotopic (exact) mass is 214 g/mol. The summed E-state index contributed by atoms with van der Waals surface area (Å²) >= 11 is 0. The summed E-state index contributed by atoms with van der Waals surface area (Å²) in [6.45, 7) is 0. The van der Waals surface area contributed by atoms with Crippen molar-refractivity contribution >= 4 is 10.9 Å². The predicted octanol–water partition coefficient (Wildman–Crippen LogP) is 2.12. The van der Waals surface area contributed by atoms with Gasteiger partial charge in [-0.3, -0.25) is 0 Å². The minimum atomic E-state index is 0.360. The smallest absolute Gasteiger partial charge is 0.145 e. The molecule has 0 saturated heterocycles. The first-order valence-corrected chi connectivity index (χ1v) is 4.72. The van der Waals surface area contributed by atoms with Gasteiger partial charge in [-0.15, -0.1) is 0 Å². The molecule has 2 rings (SSSR count). The van der Waals surface area contributed by atoms with Gasteiger partial charge in [-0.1, -0.05) is 0 Å². The van der Waals surface area contributed by atoms with Crippen molar-refractivity contribution < 1.29 is 9.47 Å². The molecule has 0 aliphatic carbocycles. The Labute approximate surface area is 93.0 Å². The van der Waals surface area contributed by atoms with Gasteiger partial charge in [0.15, 0.2) is 0 Å². The molecule has 0 aliphatic rings. The molecule has 1 aromatic carbocycles. The molecule has 0 unspecified atom stereocenters. The molecule has 0 N–H and O–H groups in total. The molecule has 0 radical (unpaired) electrons. The second kappa shape index (κ2) is 4.07. The maximum atomic E-state index is 8.80. The summed E-state index contributed by atoms with van der Waals surface area (Å²) in [4.78, 5) is 4.21. The molecule has 0 saturated carbocycles. The van der Waals surface area contributed by atoms with Crippen LogP contribution in [0, 0.1) is 11.3 Å². The van der Waals surface area contributed by atoms with Crippen LogP contribution in [0.1, 0.15) is 5.69 Å². The van der Waals surface area contributed by atoms with Crippen molar-refractivity contribution in [1.29, 1.82) is 5.26 Å². The first-order valence-electron chi connectivity index (χ1n) is 4.72. The SMILES string of the molecule is COc1ccc(OC)c2nc(C#N)ccc12. The van der Waals surface area contributed by atoms with Crippen LogP contribution in [0.3, 0.4) is 0 Å². The molecule has 80 valence electrons. The van der Waals surface area contributed by atoms with E-state index in [1.807, 2.05) is 18.2 Å². The second-order valence-electron chi connectivity index (χ2n) is 3.17. The van der Waals surface area contributed by atoms with Gasteiger partial charge in [0.25, 0.3) is 0 Å². The van der Waals surface area contributed by atoms with E-state index in [0.29, 0.717) is 22.7 Å². The Balaban J connectivity index is 2.80. The average Bonchev–Trinajstić information content (AvgIpc) is 2.36. The van der Waals surface area contributed by atoms with E-state index >= 15 is 0 Å². The molecule has 1 heterocycles. The van der Waals surface area contributed by atoms with Gasteiger partial charge in [-0.05, 0) is 24.3 Å². The number of hydrogen-bond donors (Lipinski definition) is 0. The molecule has 16 heavy (non-hydrogen) atoms. The fraction of sp³-hybridized carbons (Fsp3) is 0.167. The van der Waals surface area contributed by atoms with Gasteiger partial charge in [0.2, 0.25) is 0 Å². The van der Waals surface area contributed by atoms with Crippen molar-refractivity contribution in [2.75, 3.05) is 14.2 Å². The molecule has 0 fully saturated rings. The number of fused-ring (bicyclic) bond motifs is 1. The van der Waals surface area contributed by atoms with E-state index in [2.05, 4.69) is 4.98 Å². The molecule has 2 aromatic rings. The number of pyridine rings is 1. The summed E-state index contributed by atoms with van der Waals surface area (Å²) < 4.78 is 10.4. The maximum Gasteiger partial charge on any atom is 0.145 e. The zero-order valence-electron chi connectivity index (χ0n) is 9.02. The van der Waals surface area contributed by atoms with Gasteiger partial charge in [0.05, 0.1) is 14.2 Å². The van der Waals surface area contributed by atoms with Crippen LogP contribution >= 0.6 is 0 Å². The molecular weight excluding hydrogens is 204 g/mol. The average molecular weight is 214 g/mol. The first-order chi connectivity index (χ1) is 7.80. The fourth-order valence-electron chi connectivity index (χ4n) is 1.57. The normalized spacial score (nSPS) is 9.81. The van der Waals surface area contributed by atoms with Crippen LogP contribution in [0.2, 0.25) is 0 Å².